The zero-order valence-electron chi connectivity index (χ0n) is 6.36. The average molecular weight is 168 g/mol. The van der Waals surface area contributed by atoms with Crippen molar-refractivity contribution >= 4 is 11.0 Å². The van der Waals surface area contributed by atoms with Gasteiger partial charge in [-0.1, -0.05) is 0 Å². The fourth-order valence-corrected chi connectivity index (χ4v) is 1.18. The fourth-order valence-electron chi connectivity index (χ4n) is 1.18. The zero-order chi connectivity index (χ0) is 8.72. The number of nitrogens with zero attached hydrogens (tertiary/aromatic N) is 1. The van der Waals surface area contributed by atoms with Gasteiger partial charge in [0.1, 0.15) is 5.65 Å². The quantitative estimate of drug-likeness (QED) is 0.600. The molecule has 2 nitrogen and oxygen atoms in total. The molecule has 2 aromatic heterocycles. The predicted octanol–water partition coefficient (Wildman–Crippen LogP) is 2.15. The Hall–Kier alpha value is -1.45. The van der Waals surface area contributed by atoms with Crippen LogP contribution in [0, 0.1) is 18.7 Å². The van der Waals surface area contributed by atoms with Crippen LogP contribution in [0.25, 0.3) is 11.0 Å². The van der Waals surface area contributed by atoms with E-state index in [4.69, 9.17) is 0 Å². The van der Waals surface area contributed by atoms with E-state index in [9.17, 15) is 8.78 Å². The minimum absolute atomic E-state index is 0.291. The summed E-state index contributed by atoms with van der Waals surface area (Å²) >= 11 is 0. The molecule has 0 bridgehead atoms. The second-order valence-corrected chi connectivity index (χ2v) is 2.58. The van der Waals surface area contributed by atoms with Crippen LogP contribution in [0.2, 0.25) is 0 Å². The third kappa shape index (κ3) is 0.809. The number of aromatic nitrogens is 2. The van der Waals surface area contributed by atoms with Crippen LogP contribution in [0.3, 0.4) is 0 Å². The highest BCUT2D eigenvalue weighted by molar-refractivity contribution is 5.79. The van der Waals surface area contributed by atoms with Gasteiger partial charge >= 0.3 is 0 Å². The van der Waals surface area contributed by atoms with E-state index in [1.54, 1.807) is 12.3 Å². The van der Waals surface area contributed by atoms with Gasteiger partial charge in [0, 0.05) is 17.1 Å². The van der Waals surface area contributed by atoms with Crippen molar-refractivity contribution < 1.29 is 8.78 Å². The number of nitrogens with one attached hydrogen (secondary N) is 1. The Bertz CT molecular complexity index is 434. The Morgan fingerprint density at radius 2 is 2.17 bits per heavy atom. The summed E-state index contributed by atoms with van der Waals surface area (Å²) in [6.07, 6.45) is 1.60. The van der Waals surface area contributed by atoms with Crippen molar-refractivity contribution in [2.24, 2.45) is 0 Å². The Labute approximate surface area is 67.2 Å². The lowest BCUT2D eigenvalue weighted by molar-refractivity contribution is 0.479. The molecule has 0 aliphatic carbocycles. The lowest BCUT2D eigenvalue weighted by Crippen LogP contribution is -1.94. The van der Waals surface area contributed by atoms with Crippen LogP contribution in [0.15, 0.2) is 12.3 Å². The highest BCUT2D eigenvalue weighted by atomic mass is 19.2. The van der Waals surface area contributed by atoms with E-state index in [-0.39, 0.29) is 0 Å². The number of halogens is 2. The lowest BCUT2D eigenvalue weighted by Gasteiger charge is -1.97. The van der Waals surface area contributed by atoms with Crippen LogP contribution in [0.5, 0.6) is 0 Å². The molecule has 0 saturated heterocycles. The number of hydrogen-bond donors (Lipinski definition) is 1. The van der Waals surface area contributed by atoms with Gasteiger partial charge in [-0.05, 0) is 13.0 Å². The van der Waals surface area contributed by atoms with E-state index >= 15 is 0 Å². The Kier molecular flexibility index (Phi) is 1.36. The van der Waals surface area contributed by atoms with Crippen LogP contribution >= 0.6 is 0 Å². The minimum Gasteiger partial charge on any atom is -0.346 e. The van der Waals surface area contributed by atoms with Crippen LogP contribution in [-0.2, 0) is 0 Å². The van der Waals surface area contributed by atoms with E-state index in [1.807, 2.05) is 0 Å². The topological polar surface area (TPSA) is 28.7 Å². The van der Waals surface area contributed by atoms with E-state index in [0.29, 0.717) is 16.6 Å². The normalized spacial score (nSPS) is 10.9. The third-order valence-corrected chi connectivity index (χ3v) is 1.85. The standard InChI is InChI=1S/C8H6F2N2/c1-4-5-2-3-11-8(5)12-7(10)6(4)9/h2-3H,1H3,(H,11,12). The summed E-state index contributed by atoms with van der Waals surface area (Å²) in [7, 11) is 0. The SMILES string of the molecule is Cc1c(F)c(F)nc2[nH]ccc12. The fraction of sp³-hybridized carbons (Fsp3) is 0.125. The van der Waals surface area contributed by atoms with Crippen molar-refractivity contribution in [3.05, 3.63) is 29.6 Å². The predicted molar refractivity (Wildman–Crippen MR) is 40.7 cm³/mol. The van der Waals surface area contributed by atoms with Gasteiger partial charge < -0.3 is 4.98 Å². The summed E-state index contributed by atoms with van der Waals surface area (Å²) in [6, 6.07) is 1.67. The van der Waals surface area contributed by atoms with Crippen LogP contribution in [0.1, 0.15) is 5.56 Å². The summed E-state index contributed by atoms with van der Waals surface area (Å²) in [5, 5.41) is 0.619. The summed E-state index contributed by atoms with van der Waals surface area (Å²) < 4.78 is 25.6. The molecule has 0 fully saturated rings. The first-order valence-electron chi connectivity index (χ1n) is 3.49. The highest BCUT2D eigenvalue weighted by Crippen LogP contribution is 2.19. The maximum absolute atomic E-state index is 12.9. The van der Waals surface area contributed by atoms with Crippen molar-refractivity contribution in [3.8, 4) is 0 Å². The first-order valence-corrected chi connectivity index (χ1v) is 3.49. The van der Waals surface area contributed by atoms with Crippen LogP contribution < -0.4 is 0 Å². The maximum Gasteiger partial charge on any atom is 0.251 e. The number of H-pyrrole nitrogens is 1. The summed E-state index contributed by atoms with van der Waals surface area (Å²) in [4.78, 5) is 6.11. The van der Waals surface area contributed by atoms with Gasteiger partial charge in [-0.2, -0.15) is 9.37 Å². The van der Waals surface area contributed by atoms with Gasteiger partial charge in [0.2, 0.25) is 0 Å². The molecule has 0 aliphatic rings. The largest absolute Gasteiger partial charge is 0.346 e. The summed E-state index contributed by atoms with van der Waals surface area (Å²) in [5.41, 5.74) is 0.671. The molecule has 4 heteroatoms. The molecule has 1 N–H and O–H groups in total. The van der Waals surface area contributed by atoms with E-state index in [0.717, 1.165) is 0 Å². The molecule has 0 aliphatic heterocycles. The first kappa shape index (κ1) is 7.21. The molecule has 0 amide bonds. The Morgan fingerprint density at radius 1 is 1.42 bits per heavy atom. The zero-order valence-corrected chi connectivity index (χ0v) is 6.36. The molecule has 2 heterocycles. The van der Waals surface area contributed by atoms with Crippen molar-refractivity contribution in [1.82, 2.24) is 9.97 Å². The maximum atomic E-state index is 12.9. The van der Waals surface area contributed by atoms with Crippen molar-refractivity contribution in [1.29, 1.82) is 0 Å². The molecule has 2 aromatic rings. The molecular weight excluding hydrogens is 162 g/mol. The highest BCUT2D eigenvalue weighted by Gasteiger charge is 2.11. The van der Waals surface area contributed by atoms with Gasteiger partial charge in [0.25, 0.3) is 5.95 Å². The van der Waals surface area contributed by atoms with Crippen molar-refractivity contribution in [3.63, 3.8) is 0 Å². The van der Waals surface area contributed by atoms with Gasteiger partial charge in [0.05, 0.1) is 0 Å². The smallest absolute Gasteiger partial charge is 0.251 e. The molecule has 0 radical (unpaired) electrons. The number of aromatic amines is 1. The van der Waals surface area contributed by atoms with Gasteiger partial charge in [-0.15, -0.1) is 0 Å². The molecule has 0 aromatic carbocycles. The van der Waals surface area contributed by atoms with Crippen LogP contribution in [-0.4, -0.2) is 9.97 Å². The van der Waals surface area contributed by atoms with Crippen molar-refractivity contribution in [2.75, 3.05) is 0 Å². The van der Waals surface area contributed by atoms with Gasteiger partial charge in [-0.3, -0.25) is 0 Å². The second kappa shape index (κ2) is 2.27. The molecule has 0 unspecified atom stereocenters. The molecule has 2 rings (SSSR count). The van der Waals surface area contributed by atoms with Gasteiger partial charge in [0.15, 0.2) is 5.82 Å². The Balaban J connectivity index is 2.94. The number of pyridine rings is 1. The molecule has 0 spiro atoms. The van der Waals surface area contributed by atoms with Crippen molar-refractivity contribution in [2.45, 2.75) is 6.92 Å². The molecule has 0 saturated carbocycles. The number of hydrogen-bond acceptors (Lipinski definition) is 1. The molecular formula is C8H6F2N2. The first-order chi connectivity index (χ1) is 5.70. The Morgan fingerprint density at radius 3 is 2.92 bits per heavy atom. The third-order valence-electron chi connectivity index (χ3n) is 1.85. The van der Waals surface area contributed by atoms with E-state index in [1.165, 1.54) is 6.92 Å². The molecule has 0 atom stereocenters. The number of fused-ring (bicyclic) bond motifs is 1. The second-order valence-electron chi connectivity index (χ2n) is 2.58. The molecule has 12 heavy (non-hydrogen) atoms. The number of aryl methyl sites for hydroxylation is 1. The van der Waals surface area contributed by atoms with E-state index in [2.05, 4.69) is 9.97 Å². The van der Waals surface area contributed by atoms with E-state index < -0.39 is 11.8 Å². The minimum atomic E-state index is -1.05. The number of rotatable bonds is 0. The van der Waals surface area contributed by atoms with Gasteiger partial charge in [-0.25, -0.2) is 4.39 Å². The monoisotopic (exact) mass is 168 g/mol. The lowest BCUT2D eigenvalue weighted by atomic mass is 10.2. The summed E-state index contributed by atoms with van der Waals surface area (Å²) in [6.45, 7) is 1.52. The van der Waals surface area contributed by atoms with Crippen LogP contribution in [0.4, 0.5) is 8.78 Å². The average Bonchev–Trinajstić information content (AvgIpc) is 2.48. The molecule has 62 valence electrons. The summed E-state index contributed by atoms with van der Waals surface area (Å²) in [5.74, 6) is -1.93.